The van der Waals surface area contributed by atoms with Gasteiger partial charge in [0.2, 0.25) is 0 Å². The van der Waals surface area contributed by atoms with Crippen molar-refractivity contribution >= 4 is 17.8 Å². The number of benzene rings is 2. The highest BCUT2D eigenvalue weighted by molar-refractivity contribution is 6.05. The summed E-state index contributed by atoms with van der Waals surface area (Å²) in [5, 5.41) is 0. The lowest BCUT2D eigenvalue weighted by Crippen LogP contribution is -1.99. The third-order valence-corrected chi connectivity index (χ3v) is 4.15. The molecule has 0 unspecified atom stereocenters. The van der Waals surface area contributed by atoms with E-state index in [2.05, 4.69) is 0 Å². The third-order valence-electron chi connectivity index (χ3n) is 4.15. The molecule has 0 amide bonds. The first-order chi connectivity index (χ1) is 13.1. The Bertz CT molecular complexity index is 926. The van der Waals surface area contributed by atoms with Crippen molar-refractivity contribution in [1.82, 2.24) is 0 Å². The van der Waals surface area contributed by atoms with Gasteiger partial charge in [0.1, 0.15) is 28.8 Å². The van der Waals surface area contributed by atoms with Gasteiger partial charge in [0.15, 0.2) is 0 Å². The van der Waals surface area contributed by atoms with Crippen molar-refractivity contribution in [2.45, 2.75) is 0 Å². The lowest BCUT2D eigenvalue weighted by Gasteiger charge is -2.10. The molecule has 0 saturated heterocycles. The Kier molecular flexibility index (Phi) is 5.35. The molecule has 0 N–H and O–H groups in total. The second kappa shape index (κ2) is 7.86. The zero-order valence-corrected chi connectivity index (χ0v) is 15.6. The van der Waals surface area contributed by atoms with Crippen molar-refractivity contribution in [1.29, 1.82) is 0 Å². The number of hydrogen-bond acceptors (Lipinski definition) is 6. The molecule has 6 nitrogen and oxygen atoms in total. The lowest BCUT2D eigenvalue weighted by atomic mass is 10.1. The number of methoxy groups -OCH3 is 4. The fourth-order valence-electron chi connectivity index (χ4n) is 2.73. The average molecular weight is 368 g/mol. The Morgan fingerprint density at radius 2 is 1.48 bits per heavy atom. The molecule has 1 heterocycles. The summed E-state index contributed by atoms with van der Waals surface area (Å²) in [6, 6.07) is 10.7. The van der Waals surface area contributed by atoms with Crippen molar-refractivity contribution in [2.24, 2.45) is 0 Å². The zero-order valence-electron chi connectivity index (χ0n) is 15.6. The Labute approximate surface area is 157 Å². The molecule has 1 aliphatic rings. The molecule has 0 bridgehead atoms. The van der Waals surface area contributed by atoms with Crippen LogP contribution in [-0.2, 0) is 9.53 Å². The highest BCUT2D eigenvalue weighted by Gasteiger charge is 2.25. The van der Waals surface area contributed by atoms with Gasteiger partial charge in [-0.1, -0.05) is 0 Å². The Hall–Kier alpha value is -3.41. The van der Waals surface area contributed by atoms with E-state index in [0.29, 0.717) is 39.9 Å². The van der Waals surface area contributed by atoms with Crippen LogP contribution in [0.1, 0.15) is 11.1 Å². The SMILES string of the molecule is COc1ccc(C=C2C=C(c3cc(OC)ccc3OC)OC2=O)c(OC)c1. The number of hydrogen-bond donors (Lipinski definition) is 0. The summed E-state index contributed by atoms with van der Waals surface area (Å²) in [7, 11) is 6.27. The Morgan fingerprint density at radius 1 is 0.815 bits per heavy atom. The molecule has 0 atom stereocenters. The van der Waals surface area contributed by atoms with E-state index in [9.17, 15) is 4.79 Å². The van der Waals surface area contributed by atoms with Crippen LogP contribution in [0.3, 0.4) is 0 Å². The van der Waals surface area contributed by atoms with Crippen molar-refractivity contribution in [3.63, 3.8) is 0 Å². The molecule has 0 aromatic heterocycles. The second-order valence-corrected chi connectivity index (χ2v) is 5.67. The van der Waals surface area contributed by atoms with Crippen LogP contribution < -0.4 is 18.9 Å². The van der Waals surface area contributed by atoms with Crippen LogP contribution in [-0.4, -0.2) is 34.4 Å². The van der Waals surface area contributed by atoms with E-state index in [0.717, 1.165) is 5.56 Å². The summed E-state index contributed by atoms with van der Waals surface area (Å²) in [4.78, 5) is 12.4. The summed E-state index contributed by atoms with van der Waals surface area (Å²) >= 11 is 0. The summed E-state index contributed by atoms with van der Waals surface area (Å²) in [6.45, 7) is 0. The molecule has 2 aromatic rings. The van der Waals surface area contributed by atoms with Crippen LogP contribution in [0, 0.1) is 0 Å². The van der Waals surface area contributed by atoms with Crippen LogP contribution in [0.25, 0.3) is 11.8 Å². The number of cyclic esters (lactones) is 1. The average Bonchev–Trinajstić information content (AvgIpc) is 3.07. The van der Waals surface area contributed by atoms with Crippen molar-refractivity contribution in [3.05, 3.63) is 59.2 Å². The highest BCUT2D eigenvalue weighted by atomic mass is 16.5. The van der Waals surface area contributed by atoms with Crippen LogP contribution in [0.4, 0.5) is 0 Å². The van der Waals surface area contributed by atoms with Gasteiger partial charge in [-0.05, 0) is 42.5 Å². The molecular formula is C21H20O6. The van der Waals surface area contributed by atoms with E-state index < -0.39 is 5.97 Å². The van der Waals surface area contributed by atoms with E-state index in [4.69, 9.17) is 23.7 Å². The van der Waals surface area contributed by atoms with Crippen LogP contribution in [0.2, 0.25) is 0 Å². The molecule has 0 aliphatic carbocycles. The van der Waals surface area contributed by atoms with Gasteiger partial charge in [-0.25, -0.2) is 4.79 Å². The van der Waals surface area contributed by atoms with Crippen LogP contribution in [0.15, 0.2) is 48.0 Å². The molecule has 6 heteroatoms. The van der Waals surface area contributed by atoms with Gasteiger partial charge >= 0.3 is 5.97 Å². The van der Waals surface area contributed by atoms with Gasteiger partial charge in [-0.2, -0.15) is 0 Å². The standard InChI is InChI=1S/C21H20O6/c1-23-15-7-8-18(25-3)17(11-15)20-10-14(21(22)27-20)9-13-5-6-16(24-2)12-19(13)26-4/h5-12H,1-4H3. The second-order valence-electron chi connectivity index (χ2n) is 5.67. The van der Waals surface area contributed by atoms with Crippen LogP contribution >= 0.6 is 0 Å². The summed E-state index contributed by atoms with van der Waals surface area (Å²) < 4.78 is 26.6. The van der Waals surface area contributed by atoms with Crippen molar-refractivity contribution < 1.29 is 28.5 Å². The number of carbonyl (C=O) groups excluding carboxylic acids is 1. The van der Waals surface area contributed by atoms with Gasteiger partial charge in [0.05, 0.1) is 39.6 Å². The molecule has 0 spiro atoms. The summed E-state index contributed by atoms with van der Waals surface area (Å²) in [5.74, 6) is 2.42. The topological polar surface area (TPSA) is 63.2 Å². The number of ether oxygens (including phenoxy) is 5. The Balaban J connectivity index is 2.01. The molecule has 0 radical (unpaired) electrons. The van der Waals surface area contributed by atoms with Crippen LogP contribution in [0.5, 0.6) is 23.0 Å². The summed E-state index contributed by atoms with van der Waals surface area (Å²) in [6.07, 6.45) is 3.38. The molecule has 2 aromatic carbocycles. The summed E-state index contributed by atoms with van der Waals surface area (Å²) in [5.41, 5.74) is 1.77. The van der Waals surface area contributed by atoms with Gasteiger partial charge in [-0.15, -0.1) is 0 Å². The third kappa shape index (κ3) is 3.74. The maximum atomic E-state index is 12.4. The number of carbonyl (C=O) groups is 1. The molecule has 0 fully saturated rings. The minimum Gasteiger partial charge on any atom is -0.497 e. The smallest absolute Gasteiger partial charge is 0.343 e. The molecule has 140 valence electrons. The van der Waals surface area contributed by atoms with E-state index in [1.165, 1.54) is 0 Å². The number of rotatable bonds is 6. The zero-order chi connectivity index (χ0) is 19.4. The lowest BCUT2D eigenvalue weighted by molar-refractivity contribution is -0.130. The first kappa shape index (κ1) is 18.4. The molecule has 0 saturated carbocycles. The van der Waals surface area contributed by atoms with E-state index >= 15 is 0 Å². The molecule has 27 heavy (non-hydrogen) atoms. The largest absolute Gasteiger partial charge is 0.497 e. The highest BCUT2D eigenvalue weighted by Crippen LogP contribution is 2.36. The minimum absolute atomic E-state index is 0.398. The maximum absolute atomic E-state index is 12.4. The van der Waals surface area contributed by atoms with Gasteiger partial charge in [0, 0.05) is 11.6 Å². The van der Waals surface area contributed by atoms with E-state index in [1.54, 1.807) is 70.9 Å². The van der Waals surface area contributed by atoms with Crippen molar-refractivity contribution in [3.8, 4) is 23.0 Å². The first-order valence-corrected chi connectivity index (χ1v) is 8.19. The molecule has 3 rings (SSSR count). The Morgan fingerprint density at radius 3 is 2.15 bits per heavy atom. The molecular weight excluding hydrogens is 348 g/mol. The van der Waals surface area contributed by atoms with Crippen molar-refractivity contribution in [2.75, 3.05) is 28.4 Å². The first-order valence-electron chi connectivity index (χ1n) is 8.19. The van der Waals surface area contributed by atoms with E-state index in [1.807, 2.05) is 6.07 Å². The normalized spacial score (nSPS) is 14.6. The predicted molar refractivity (Wildman–Crippen MR) is 101 cm³/mol. The minimum atomic E-state index is -0.451. The predicted octanol–water partition coefficient (Wildman–Crippen LogP) is 3.70. The fourth-order valence-corrected chi connectivity index (χ4v) is 2.73. The number of esters is 1. The maximum Gasteiger partial charge on any atom is 0.343 e. The van der Waals surface area contributed by atoms with E-state index in [-0.39, 0.29) is 0 Å². The monoisotopic (exact) mass is 368 g/mol. The van der Waals surface area contributed by atoms with Gasteiger partial charge in [-0.3, -0.25) is 0 Å². The molecule has 1 aliphatic heterocycles. The van der Waals surface area contributed by atoms with Gasteiger partial charge in [0.25, 0.3) is 0 Å². The van der Waals surface area contributed by atoms with Gasteiger partial charge < -0.3 is 23.7 Å². The quantitative estimate of drug-likeness (QED) is 0.572. The fraction of sp³-hybridized carbons (Fsp3) is 0.190.